The summed E-state index contributed by atoms with van der Waals surface area (Å²) in [5.41, 5.74) is 0.155. The lowest BCUT2D eigenvalue weighted by Gasteiger charge is -2.03. The Morgan fingerprint density at radius 2 is 2.14 bits per heavy atom. The summed E-state index contributed by atoms with van der Waals surface area (Å²) in [7, 11) is 0. The van der Waals surface area contributed by atoms with Crippen molar-refractivity contribution < 1.29 is 13.2 Å². The standard InChI is InChI=1S/C7H3ClF3IN2/c8-6(7(9,10)11)14-5-1-2-13-3-4(5)12/h1-3H. The molecule has 7 heteroatoms. The maximum Gasteiger partial charge on any atom is 0.444 e. The van der Waals surface area contributed by atoms with Crippen LogP contribution in [0.5, 0.6) is 0 Å². The Labute approximate surface area is 96.3 Å². The first-order valence-electron chi connectivity index (χ1n) is 3.32. The SMILES string of the molecule is FC(F)(F)C(Cl)=Nc1ccncc1I. The van der Waals surface area contributed by atoms with Crippen LogP contribution in [0.15, 0.2) is 23.5 Å². The molecular formula is C7H3ClF3IN2. The Morgan fingerprint density at radius 1 is 1.50 bits per heavy atom. The number of hydrogen-bond donors (Lipinski definition) is 0. The number of halogens is 5. The molecule has 0 atom stereocenters. The third-order valence-corrected chi connectivity index (χ3v) is 2.33. The van der Waals surface area contributed by atoms with Gasteiger partial charge in [0.25, 0.3) is 0 Å². The Hall–Kier alpha value is -0.370. The van der Waals surface area contributed by atoms with E-state index in [1.807, 2.05) is 22.6 Å². The van der Waals surface area contributed by atoms with Crippen LogP contribution in [0, 0.1) is 3.57 Å². The maximum atomic E-state index is 12.0. The molecule has 1 rings (SSSR count). The Kier molecular flexibility index (Phi) is 3.71. The van der Waals surface area contributed by atoms with Gasteiger partial charge < -0.3 is 0 Å². The second kappa shape index (κ2) is 4.43. The fraction of sp³-hybridized carbons (Fsp3) is 0.143. The molecule has 0 bridgehead atoms. The molecule has 1 aromatic heterocycles. The quantitative estimate of drug-likeness (QED) is 0.570. The van der Waals surface area contributed by atoms with Gasteiger partial charge in [-0.1, -0.05) is 11.6 Å². The molecule has 2 nitrogen and oxygen atoms in total. The lowest BCUT2D eigenvalue weighted by molar-refractivity contribution is -0.0558. The molecule has 0 aromatic carbocycles. The monoisotopic (exact) mass is 334 g/mol. The van der Waals surface area contributed by atoms with E-state index < -0.39 is 11.3 Å². The highest BCUT2D eigenvalue weighted by Gasteiger charge is 2.34. The topological polar surface area (TPSA) is 25.2 Å². The number of alkyl halides is 3. The number of rotatable bonds is 1. The molecule has 0 radical (unpaired) electrons. The van der Waals surface area contributed by atoms with Crippen molar-refractivity contribution in [2.75, 3.05) is 0 Å². The van der Waals surface area contributed by atoms with Crippen molar-refractivity contribution in [1.82, 2.24) is 4.98 Å². The normalized spacial score (nSPS) is 13.1. The van der Waals surface area contributed by atoms with Gasteiger partial charge in [-0.05, 0) is 28.7 Å². The van der Waals surface area contributed by atoms with Gasteiger partial charge in [0, 0.05) is 12.4 Å². The predicted molar refractivity (Wildman–Crippen MR) is 56.0 cm³/mol. The van der Waals surface area contributed by atoms with E-state index in [1.54, 1.807) is 0 Å². The minimum absolute atomic E-state index is 0.155. The van der Waals surface area contributed by atoms with Crippen LogP contribution in [0.1, 0.15) is 0 Å². The second-order valence-electron chi connectivity index (χ2n) is 2.23. The Balaban J connectivity index is 3.04. The van der Waals surface area contributed by atoms with Gasteiger partial charge in [-0.15, -0.1) is 0 Å². The minimum Gasteiger partial charge on any atom is -0.263 e. The van der Waals surface area contributed by atoms with E-state index in [0.29, 0.717) is 3.57 Å². The molecule has 0 spiro atoms. The Bertz CT molecular complexity index is 364. The van der Waals surface area contributed by atoms with Crippen molar-refractivity contribution in [1.29, 1.82) is 0 Å². The number of aliphatic imine (C=N–C) groups is 1. The molecule has 1 aromatic rings. The highest BCUT2D eigenvalue weighted by Crippen LogP contribution is 2.26. The first-order chi connectivity index (χ1) is 6.41. The van der Waals surface area contributed by atoms with Crippen molar-refractivity contribution in [2.45, 2.75) is 6.18 Å². The van der Waals surface area contributed by atoms with Crippen LogP contribution in [-0.4, -0.2) is 16.3 Å². The molecule has 0 unspecified atom stereocenters. The second-order valence-corrected chi connectivity index (χ2v) is 3.75. The number of hydrogen-bond acceptors (Lipinski definition) is 2. The van der Waals surface area contributed by atoms with Crippen LogP contribution < -0.4 is 0 Å². The van der Waals surface area contributed by atoms with Gasteiger partial charge in [-0.2, -0.15) is 13.2 Å². The van der Waals surface area contributed by atoms with Crippen molar-refractivity contribution >= 4 is 45.1 Å². The summed E-state index contributed by atoms with van der Waals surface area (Å²) in [6.45, 7) is 0. The highest BCUT2D eigenvalue weighted by molar-refractivity contribution is 14.1. The van der Waals surface area contributed by atoms with E-state index in [1.165, 1.54) is 18.5 Å². The van der Waals surface area contributed by atoms with E-state index in [2.05, 4.69) is 9.98 Å². The molecular weight excluding hydrogens is 331 g/mol. The van der Waals surface area contributed by atoms with Gasteiger partial charge in [-0.25, -0.2) is 4.99 Å². The van der Waals surface area contributed by atoms with E-state index >= 15 is 0 Å². The molecule has 76 valence electrons. The number of pyridine rings is 1. The zero-order chi connectivity index (χ0) is 10.8. The fourth-order valence-corrected chi connectivity index (χ4v) is 1.18. The maximum absolute atomic E-state index is 12.0. The van der Waals surface area contributed by atoms with E-state index in [9.17, 15) is 13.2 Å². The zero-order valence-corrected chi connectivity index (χ0v) is 9.43. The van der Waals surface area contributed by atoms with Gasteiger partial charge in [0.2, 0.25) is 5.17 Å². The smallest absolute Gasteiger partial charge is 0.263 e. The van der Waals surface area contributed by atoms with Crippen molar-refractivity contribution in [3.05, 3.63) is 22.0 Å². The van der Waals surface area contributed by atoms with Crippen LogP contribution in [0.2, 0.25) is 0 Å². The van der Waals surface area contributed by atoms with Crippen LogP contribution >= 0.6 is 34.2 Å². The van der Waals surface area contributed by atoms with Crippen molar-refractivity contribution in [3.63, 3.8) is 0 Å². The first-order valence-corrected chi connectivity index (χ1v) is 4.78. The third kappa shape index (κ3) is 3.09. The summed E-state index contributed by atoms with van der Waals surface area (Å²) in [6, 6.07) is 1.36. The molecule has 14 heavy (non-hydrogen) atoms. The Morgan fingerprint density at radius 3 is 2.64 bits per heavy atom. The molecule has 0 aliphatic rings. The van der Waals surface area contributed by atoms with Gasteiger partial charge in [0.05, 0.1) is 9.26 Å². The third-order valence-electron chi connectivity index (χ3n) is 1.20. The average molecular weight is 334 g/mol. The van der Waals surface area contributed by atoms with Crippen LogP contribution in [0.3, 0.4) is 0 Å². The van der Waals surface area contributed by atoms with Gasteiger partial charge in [0.1, 0.15) is 0 Å². The predicted octanol–water partition coefficient (Wildman–Crippen LogP) is 3.52. The van der Waals surface area contributed by atoms with Crippen molar-refractivity contribution in [3.8, 4) is 0 Å². The summed E-state index contributed by atoms with van der Waals surface area (Å²) in [6.07, 6.45) is -1.85. The van der Waals surface area contributed by atoms with Crippen LogP contribution in [0.25, 0.3) is 0 Å². The summed E-state index contributed by atoms with van der Waals surface area (Å²) in [5.74, 6) is 0. The average Bonchev–Trinajstić information content (AvgIpc) is 2.07. The first kappa shape index (κ1) is 11.7. The molecule has 0 fully saturated rings. The molecule has 0 saturated carbocycles. The number of aromatic nitrogens is 1. The summed E-state index contributed by atoms with van der Waals surface area (Å²) in [5, 5.41) is -1.39. The summed E-state index contributed by atoms with van der Waals surface area (Å²) < 4.78 is 36.5. The van der Waals surface area contributed by atoms with E-state index in [4.69, 9.17) is 11.6 Å². The van der Waals surface area contributed by atoms with Crippen molar-refractivity contribution in [2.24, 2.45) is 4.99 Å². The largest absolute Gasteiger partial charge is 0.444 e. The lowest BCUT2D eigenvalue weighted by Crippen LogP contribution is -2.16. The van der Waals surface area contributed by atoms with Gasteiger partial charge in [-0.3, -0.25) is 4.98 Å². The number of nitrogens with zero attached hydrogens (tertiary/aromatic N) is 2. The summed E-state index contributed by atoms with van der Waals surface area (Å²) in [4.78, 5) is 6.95. The van der Waals surface area contributed by atoms with E-state index in [0.717, 1.165) is 0 Å². The zero-order valence-electron chi connectivity index (χ0n) is 6.52. The molecule has 1 heterocycles. The summed E-state index contributed by atoms with van der Waals surface area (Å²) >= 11 is 6.79. The molecule has 0 N–H and O–H groups in total. The highest BCUT2D eigenvalue weighted by atomic mass is 127. The van der Waals surface area contributed by atoms with E-state index in [-0.39, 0.29) is 5.69 Å². The fourth-order valence-electron chi connectivity index (χ4n) is 0.628. The van der Waals surface area contributed by atoms with Crippen LogP contribution in [0.4, 0.5) is 18.9 Å². The van der Waals surface area contributed by atoms with Gasteiger partial charge >= 0.3 is 6.18 Å². The minimum atomic E-state index is -4.60. The van der Waals surface area contributed by atoms with Gasteiger partial charge in [0.15, 0.2) is 0 Å². The molecule has 0 aliphatic carbocycles. The van der Waals surface area contributed by atoms with Crippen LogP contribution in [-0.2, 0) is 0 Å². The molecule has 0 saturated heterocycles. The molecule has 0 aliphatic heterocycles. The lowest BCUT2D eigenvalue weighted by atomic mass is 10.4. The molecule has 0 amide bonds.